The van der Waals surface area contributed by atoms with Crippen LogP contribution in [0.1, 0.15) is 44.2 Å². The average molecular weight is 288 g/mol. The highest BCUT2D eigenvalue weighted by molar-refractivity contribution is 7.80. The summed E-state index contributed by atoms with van der Waals surface area (Å²) >= 11 is 5.09. The largest absolute Gasteiger partial charge is 0.388 e. The molecule has 20 heavy (non-hydrogen) atoms. The Hall–Kier alpha value is -1.23. The maximum Gasteiger partial charge on any atom is 0.155 e. The molecule has 0 aromatic carbocycles. The van der Waals surface area contributed by atoms with Gasteiger partial charge in [-0.1, -0.05) is 12.2 Å². The lowest BCUT2D eigenvalue weighted by molar-refractivity contribution is 0.0105. The summed E-state index contributed by atoms with van der Waals surface area (Å²) in [7, 11) is 0. The fraction of sp³-hybridized carbons (Fsp3) is 0.667. The number of thiocarbonyl (C=S) groups is 1. The summed E-state index contributed by atoms with van der Waals surface area (Å²) < 4.78 is 0. The number of hydrogen-bond acceptors (Lipinski definition) is 4. The summed E-state index contributed by atoms with van der Waals surface area (Å²) in [5.74, 6) is 3.48. The lowest BCUT2D eigenvalue weighted by Gasteiger charge is -2.57. The molecular weight excluding hydrogens is 268 g/mol. The van der Waals surface area contributed by atoms with Crippen molar-refractivity contribution in [3.05, 3.63) is 18.1 Å². The van der Waals surface area contributed by atoms with E-state index < -0.39 is 0 Å². The summed E-state index contributed by atoms with van der Waals surface area (Å²) in [5.41, 5.74) is 6.62. The van der Waals surface area contributed by atoms with Gasteiger partial charge in [-0.05, 0) is 56.3 Å². The van der Waals surface area contributed by atoms with Crippen molar-refractivity contribution in [3.63, 3.8) is 0 Å². The first-order chi connectivity index (χ1) is 9.63. The van der Waals surface area contributed by atoms with Gasteiger partial charge in [0.1, 0.15) is 10.7 Å². The lowest BCUT2D eigenvalue weighted by atomic mass is 9.53. The molecule has 4 aliphatic carbocycles. The molecule has 4 nitrogen and oxygen atoms in total. The normalized spacial score (nSPS) is 37.9. The van der Waals surface area contributed by atoms with E-state index in [4.69, 9.17) is 18.0 Å². The second-order valence-corrected chi connectivity index (χ2v) is 7.38. The van der Waals surface area contributed by atoms with Gasteiger partial charge in [-0.25, -0.2) is 9.97 Å². The Morgan fingerprint density at radius 1 is 1.10 bits per heavy atom. The van der Waals surface area contributed by atoms with Crippen LogP contribution < -0.4 is 11.1 Å². The highest BCUT2D eigenvalue weighted by Crippen LogP contribution is 2.56. The van der Waals surface area contributed by atoms with Gasteiger partial charge in [0.2, 0.25) is 0 Å². The SMILES string of the molecule is NC(=S)c1nccnc1NC12CC3CC(CC(C3)C1)C2. The molecule has 4 aliphatic rings. The predicted molar refractivity (Wildman–Crippen MR) is 82.4 cm³/mol. The predicted octanol–water partition coefficient (Wildman–Crippen LogP) is 2.49. The van der Waals surface area contributed by atoms with E-state index in [0.717, 1.165) is 23.6 Å². The van der Waals surface area contributed by atoms with Crippen molar-refractivity contribution in [2.45, 2.75) is 44.1 Å². The Bertz CT molecular complexity index is 521. The molecule has 0 atom stereocenters. The number of nitrogens with two attached hydrogens (primary N) is 1. The summed E-state index contributed by atoms with van der Waals surface area (Å²) in [6.07, 6.45) is 11.5. The minimum atomic E-state index is 0.213. The zero-order valence-corrected chi connectivity index (χ0v) is 12.3. The topological polar surface area (TPSA) is 63.8 Å². The van der Waals surface area contributed by atoms with Gasteiger partial charge >= 0.3 is 0 Å². The first kappa shape index (κ1) is 12.5. The first-order valence-corrected chi connectivity index (χ1v) is 7.93. The smallest absolute Gasteiger partial charge is 0.155 e. The Balaban J connectivity index is 1.64. The second-order valence-electron chi connectivity index (χ2n) is 6.94. The Kier molecular flexibility index (Phi) is 2.74. The van der Waals surface area contributed by atoms with Crippen LogP contribution in [0.4, 0.5) is 5.82 Å². The van der Waals surface area contributed by atoms with E-state index in [0.29, 0.717) is 10.7 Å². The van der Waals surface area contributed by atoms with E-state index >= 15 is 0 Å². The molecule has 106 valence electrons. The Morgan fingerprint density at radius 3 is 2.20 bits per heavy atom. The van der Waals surface area contributed by atoms with E-state index in [2.05, 4.69) is 15.3 Å². The Morgan fingerprint density at radius 2 is 1.65 bits per heavy atom. The summed E-state index contributed by atoms with van der Waals surface area (Å²) in [4.78, 5) is 9.04. The van der Waals surface area contributed by atoms with Crippen LogP contribution in [0.25, 0.3) is 0 Å². The maximum absolute atomic E-state index is 5.77. The van der Waals surface area contributed by atoms with Crippen molar-refractivity contribution < 1.29 is 0 Å². The van der Waals surface area contributed by atoms with Gasteiger partial charge in [0.25, 0.3) is 0 Å². The molecule has 4 saturated carbocycles. The highest BCUT2D eigenvalue weighted by atomic mass is 32.1. The van der Waals surface area contributed by atoms with Gasteiger partial charge < -0.3 is 11.1 Å². The molecule has 0 unspecified atom stereocenters. The van der Waals surface area contributed by atoms with Crippen LogP contribution in [0, 0.1) is 17.8 Å². The van der Waals surface area contributed by atoms with Crippen molar-refractivity contribution >= 4 is 23.0 Å². The Labute approximate surface area is 124 Å². The molecule has 0 spiro atoms. The molecule has 1 aromatic heterocycles. The molecule has 0 saturated heterocycles. The van der Waals surface area contributed by atoms with Crippen LogP contribution in [0.15, 0.2) is 12.4 Å². The molecule has 4 fully saturated rings. The van der Waals surface area contributed by atoms with Gasteiger partial charge in [-0.2, -0.15) is 0 Å². The minimum Gasteiger partial charge on any atom is -0.388 e. The molecule has 0 radical (unpaired) electrons. The summed E-state index contributed by atoms with van der Waals surface area (Å²) in [5, 5.41) is 3.70. The number of aromatic nitrogens is 2. The highest BCUT2D eigenvalue weighted by Gasteiger charge is 2.51. The fourth-order valence-corrected chi connectivity index (χ4v) is 5.27. The number of rotatable bonds is 3. The van der Waals surface area contributed by atoms with E-state index in [1.807, 2.05) is 0 Å². The van der Waals surface area contributed by atoms with Crippen molar-refractivity contribution in [3.8, 4) is 0 Å². The van der Waals surface area contributed by atoms with Gasteiger partial charge in [-0.3, -0.25) is 0 Å². The molecule has 1 heterocycles. The van der Waals surface area contributed by atoms with E-state index in [-0.39, 0.29) is 5.54 Å². The van der Waals surface area contributed by atoms with Crippen LogP contribution >= 0.6 is 12.2 Å². The fourth-order valence-electron chi connectivity index (χ4n) is 5.12. The average Bonchev–Trinajstić information content (AvgIpc) is 2.36. The molecule has 0 aliphatic heterocycles. The molecule has 3 N–H and O–H groups in total. The molecule has 0 amide bonds. The molecule has 4 bridgehead atoms. The number of hydrogen-bond donors (Lipinski definition) is 2. The standard InChI is InChI=1S/C15H20N4S/c16-13(20)12-14(18-2-1-17-12)19-15-6-9-3-10(7-15)5-11(4-9)8-15/h1-2,9-11H,3-8H2,(H2,16,20)(H,18,19). The number of nitrogens with zero attached hydrogens (tertiary/aromatic N) is 2. The van der Waals surface area contributed by atoms with Crippen LogP contribution in [0.2, 0.25) is 0 Å². The van der Waals surface area contributed by atoms with Gasteiger partial charge in [-0.15, -0.1) is 0 Å². The zero-order chi connectivity index (χ0) is 13.7. The molecule has 5 heteroatoms. The third-order valence-corrected chi connectivity index (χ3v) is 5.55. The van der Waals surface area contributed by atoms with Gasteiger partial charge in [0.05, 0.1) is 0 Å². The minimum absolute atomic E-state index is 0.213. The maximum atomic E-state index is 5.77. The number of nitrogens with one attached hydrogen (secondary N) is 1. The molecular formula is C15H20N4S. The second kappa shape index (κ2) is 4.38. The third-order valence-electron chi connectivity index (χ3n) is 5.35. The van der Waals surface area contributed by atoms with Gasteiger partial charge in [0.15, 0.2) is 5.82 Å². The van der Waals surface area contributed by atoms with Crippen molar-refractivity contribution in [1.29, 1.82) is 0 Å². The van der Waals surface area contributed by atoms with E-state index in [9.17, 15) is 0 Å². The van der Waals surface area contributed by atoms with E-state index in [1.54, 1.807) is 12.4 Å². The van der Waals surface area contributed by atoms with Crippen LogP contribution in [0.5, 0.6) is 0 Å². The van der Waals surface area contributed by atoms with Gasteiger partial charge in [0, 0.05) is 17.9 Å². The quantitative estimate of drug-likeness (QED) is 0.837. The monoisotopic (exact) mass is 288 g/mol. The van der Waals surface area contributed by atoms with E-state index in [1.165, 1.54) is 38.5 Å². The van der Waals surface area contributed by atoms with Crippen molar-refractivity contribution in [1.82, 2.24) is 9.97 Å². The van der Waals surface area contributed by atoms with Crippen LogP contribution in [-0.2, 0) is 0 Å². The third kappa shape index (κ3) is 1.99. The summed E-state index contributed by atoms with van der Waals surface area (Å²) in [6.45, 7) is 0. The molecule has 5 rings (SSSR count). The first-order valence-electron chi connectivity index (χ1n) is 7.52. The zero-order valence-electron chi connectivity index (χ0n) is 11.5. The lowest BCUT2D eigenvalue weighted by Crippen LogP contribution is -2.55. The van der Waals surface area contributed by atoms with Crippen molar-refractivity contribution in [2.75, 3.05) is 5.32 Å². The van der Waals surface area contributed by atoms with Crippen LogP contribution in [0.3, 0.4) is 0 Å². The van der Waals surface area contributed by atoms with Crippen LogP contribution in [-0.4, -0.2) is 20.5 Å². The van der Waals surface area contributed by atoms with Crippen molar-refractivity contribution in [2.24, 2.45) is 23.5 Å². The summed E-state index contributed by atoms with van der Waals surface area (Å²) in [6, 6.07) is 0. The molecule has 1 aromatic rings. The number of anilines is 1.